The number of aliphatic hydroxyl groups is 1. The van der Waals surface area contributed by atoms with Gasteiger partial charge in [0.25, 0.3) is 0 Å². The molecule has 36 heavy (non-hydrogen) atoms. The van der Waals surface area contributed by atoms with Crippen LogP contribution in [0.2, 0.25) is 0 Å². The van der Waals surface area contributed by atoms with Crippen molar-refractivity contribution in [1.82, 2.24) is 30.5 Å². The normalized spacial score (nSPS) is 28.6. The second-order valence-electron chi connectivity index (χ2n) is 9.94. The van der Waals surface area contributed by atoms with Crippen LogP contribution in [-0.4, -0.2) is 78.5 Å². The standard InChI is InChI=1S/C25H34N6O4S/c1-2-12-26-22(33)19-18-10-11-25(36-18)20(19)24(35)30(13-6-3-7-14-32)21(25)23(34)27-15-31-17-9-5-4-8-16(17)28-29-31/h4-5,8-9,18-21,32H,2-3,6-7,10-15H2,1H3,(H,26,33)(H,27,34)/t18-,19+,20-,21?,25?/m0/s1. The Morgan fingerprint density at radius 1 is 1.19 bits per heavy atom. The number of likely N-dealkylation sites (tertiary alicyclic amines) is 1. The Morgan fingerprint density at radius 3 is 2.83 bits per heavy atom. The van der Waals surface area contributed by atoms with E-state index in [0.717, 1.165) is 36.7 Å². The number of nitrogens with one attached hydrogen (secondary N) is 2. The highest BCUT2D eigenvalue weighted by molar-refractivity contribution is 8.02. The third-order valence-electron chi connectivity index (χ3n) is 7.78. The summed E-state index contributed by atoms with van der Waals surface area (Å²) in [7, 11) is 0. The first-order valence-electron chi connectivity index (χ1n) is 12.9. The monoisotopic (exact) mass is 514 g/mol. The maximum Gasteiger partial charge on any atom is 0.245 e. The minimum Gasteiger partial charge on any atom is -0.396 e. The molecule has 1 aromatic heterocycles. The van der Waals surface area contributed by atoms with Gasteiger partial charge >= 0.3 is 0 Å². The molecule has 1 aromatic carbocycles. The molecule has 2 bridgehead atoms. The summed E-state index contributed by atoms with van der Waals surface area (Å²) < 4.78 is 1.05. The average Bonchev–Trinajstić information content (AvgIpc) is 3.63. The van der Waals surface area contributed by atoms with Crippen LogP contribution in [0.1, 0.15) is 45.4 Å². The molecule has 1 spiro atoms. The van der Waals surface area contributed by atoms with Gasteiger partial charge in [0.2, 0.25) is 17.7 Å². The first-order chi connectivity index (χ1) is 17.5. The van der Waals surface area contributed by atoms with Crippen molar-refractivity contribution in [3.05, 3.63) is 24.3 Å². The smallest absolute Gasteiger partial charge is 0.245 e. The number of amides is 3. The molecule has 4 heterocycles. The van der Waals surface area contributed by atoms with Crippen molar-refractivity contribution in [2.24, 2.45) is 11.8 Å². The molecular formula is C25H34N6O4S. The van der Waals surface area contributed by atoms with E-state index in [1.54, 1.807) is 21.3 Å². The van der Waals surface area contributed by atoms with Crippen molar-refractivity contribution in [3.8, 4) is 0 Å². The predicted octanol–water partition coefficient (Wildman–Crippen LogP) is 1.29. The van der Waals surface area contributed by atoms with Gasteiger partial charge < -0.3 is 20.6 Å². The zero-order chi connectivity index (χ0) is 25.3. The van der Waals surface area contributed by atoms with Gasteiger partial charge in [0, 0.05) is 24.9 Å². The fourth-order valence-corrected chi connectivity index (χ4v) is 8.43. The van der Waals surface area contributed by atoms with Gasteiger partial charge in [0.1, 0.15) is 18.2 Å². The summed E-state index contributed by atoms with van der Waals surface area (Å²) in [4.78, 5) is 42.4. The minimum atomic E-state index is -0.641. The summed E-state index contributed by atoms with van der Waals surface area (Å²) in [5.74, 6) is -1.25. The van der Waals surface area contributed by atoms with E-state index in [0.29, 0.717) is 25.9 Å². The molecular weight excluding hydrogens is 480 g/mol. The number of aliphatic hydroxyl groups excluding tert-OH is 1. The SMILES string of the molecule is CCCNC(=O)[C@@H]1[C@@H]2CCC3(S2)C(C(=O)NCn2nnc4ccccc42)N(CCCCCO)C(=O)[C@H]13. The third-order valence-corrected chi connectivity index (χ3v) is 9.73. The molecule has 10 nitrogen and oxygen atoms in total. The number of fused-ring (bicyclic) bond motifs is 2. The van der Waals surface area contributed by atoms with Crippen LogP contribution in [-0.2, 0) is 21.1 Å². The van der Waals surface area contributed by atoms with E-state index in [2.05, 4.69) is 20.9 Å². The third kappa shape index (κ3) is 4.15. The van der Waals surface area contributed by atoms with Crippen LogP contribution in [0.3, 0.4) is 0 Å². The molecule has 5 rings (SSSR count). The molecule has 0 saturated carbocycles. The number of para-hydroxylation sites is 1. The number of rotatable bonds is 11. The second kappa shape index (κ2) is 10.4. The number of benzene rings is 1. The van der Waals surface area contributed by atoms with E-state index in [4.69, 9.17) is 5.11 Å². The second-order valence-corrected chi connectivity index (χ2v) is 11.5. The zero-order valence-electron chi connectivity index (χ0n) is 20.6. The summed E-state index contributed by atoms with van der Waals surface area (Å²) in [6.45, 7) is 3.28. The lowest BCUT2D eigenvalue weighted by molar-refractivity contribution is -0.140. The molecule has 0 aliphatic carbocycles. The molecule has 3 aliphatic heterocycles. The summed E-state index contributed by atoms with van der Waals surface area (Å²) in [5, 5.41) is 23.5. The molecule has 3 fully saturated rings. The zero-order valence-corrected chi connectivity index (χ0v) is 21.4. The Morgan fingerprint density at radius 2 is 2.03 bits per heavy atom. The molecule has 194 valence electrons. The maximum atomic E-state index is 13.8. The van der Waals surface area contributed by atoms with E-state index >= 15 is 0 Å². The van der Waals surface area contributed by atoms with Crippen molar-refractivity contribution in [1.29, 1.82) is 0 Å². The molecule has 2 aromatic rings. The maximum absolute atomic E-state index is 13.8. The van der Waals surface area contributed by atoms with Crippen LogP contribution in [0.15, 0.2) is 24.3 Å². The largest absolute Gasteiger partial charge is 0.396 e. The summed E-state index contributed by atoms with van der Waals surface area (Å²) >= 11 is 1.67. The summed E-state index contributed by atoms with van der Waals surface area (Å²) in [6, 6.07) is 6.91. The van der Waals surface area contributed by atoms with Crippen LogP contribution in [0, 0.1) is 11.8 Å². The van der Waals surface area contributed by atoms with Gasteiger partial charge in [-0.25, -0.2) is 4.68 Å². The number of carbonyl (C=O) groups excluding carboxylic acids is 3. The number of thioether (sulfide) groups is 1. The molecule has 3 amide bonds. The minimum absolute atomic E-state index is 0.0573. The lowest BCUT2D eigenvalue weighted by atomic mass is 9.70. The van der Waals surface area contributed by atoms with E-state index in [9.17, 15) is 14.4 Å². The fourth-order valence-electron chi connectivity index (χ4n) is 6.21. The highest BCUT2D eigenvalue weighted by atomic mass is 32.2. The van der Waals surface area contributed by atoms with Gasteiger partial charge in [-0.05, 0) is 50.7 Å². The Labute approximate surface area is 214 Å². The quantitative estimate of drug-likeness (QED) is 0.385. The predicted molar refractivity (Wildman–Crippen MR) is 136 cm³/mol. The molecule has 3 aliphatic rings. The van der Waals surface area contributed by atoms with Crippen LogP contribution in [0.5, 0.6) is 0 Å². The molecule has 2 unspecified atom stereocenters. The van der Waals surface area contributed by atoms with Gasteiger partial charge in [-0.3, -0.25) is 14.4 Å². The van der Waals surface area contributed by atoms with Crippen molar-refractivity contribution >= 4 is 40.5 Å². The lowest BCUT2D eigenvalue weighted by Crippen LogP contribution is -2.54. The number of unbranched alkanes of at least 4 members (excludes halogenated alkanes) is 2. The molecule has 3 saturated heterocycles. The highest BCUT2D eigenvalue weighted by Crippen LogP contribution is 2.66. The fraction of sp³-hybridized carbons (Fsp3) is 0.640. The van der Waals surface area contributed by atoms with Crippen molar-refractivity contribution < 1.29 is 19.5 Å². The number of carbonyl (C=O) groups is 3. The number of hydrogen-bond donors (Lipinski definition) is 3. The molecule has 0 radical (unpaired) electrons. The van der Waals surface area contributed by atoms with E-state index in [-0.39, 0.29) is 36.2 Å². The van der Waals surface area contributed by atoms with Gasteiger partial charge in [-0.1, -0.05) is 24.3 Å². The van der Waals surface area contributed by atoms with Crippen LogP contribution in [0.25, 0.3) is 11.0 Å². The number of nitrogens with zero attached hydrogens (tertiary/aromatic N) is 4. The average molecular weight is 515 g/mol. The first kappa shape index (κ1) is 25.0. The van der Waals surface area contributed by atoms with Gasteiger partial charge in [0.05, 0.1) is 22.1 Å². The van der Waals surface area contributed by atoms with Crippen molar-refractivity contribution in [2.75, 3.05) is 19.7 Å². The van der Waals surface area contributed by atoms with Crippen LogP contribution >= 0.6 is 11.8 Å². The first-order valence-corrected chi connectivity index (χ1v) is 13.8. The Balaban J connectivity index is 1.39. The summed E-state index contributed by atoms with van der Waals surface area (Å²) in [5.41, 5.74) is 1.57. The van der Waals surface area contributed by atoms with E-state index < -0.39 is 22.6 Å². The van der Waals surface area contributed by atoms with Crippen molar-refractivity contribution in [2.45, 2.75) is 68.2 Å². The Kier molecular flexibility index (Phi) is 7.21. The highest BCUT2D eigenvalue weighted by Gasteiger charge is 2.73. The van der Waals surface area contributed by atoms with Crippen LogP contribution in [0.4, 0.5) is 0 Å². The topological polar surface area (TPSA) is 129 Å². The van der Waals surface area contributed by atoms with Gasteiger partial charge in [0.15, 0.2) is 0 Å². The number of hydrogen-bond acceptors (Lipinski definition) is 7. The van der Waals surface area contributed by atoms with Gasteiger partial charge in [-0.15, -0.1) is 16.9 Å². The Hall–Kier alpha value is -2.66. The number of aromatic nitrogens is 3. The molecule has 11 heteroatoms. The summed E-state index contributed by atoms with van der Waals surface area (Å²) in [6.07, 6.45) is 4.54. The Bertz CT molecular complexity index is 1140. The molecule has 5 atom stereocenters. The van der Waals surface area contributed by atoms with E-state index in [1.807, 2.05) is 31.2 Å². The van der Waals surface area contributed by atoms with Crippen molar-refractivity contribution in [3.63, 3.8) is 0 Å². The lowest BCUT2D eigenvalue weighted by Gasteiger charge is -2.34. The van der Waals surface area contributed by atoms with E-state index in [1.165, 1.54) is 0 Å². The molecule has 3 N–H and O–H groups in total. The van der Waals surface area contributed by atoms with Gasteiger partial charge in [-0.2, -0.15) is 0 Å². The van der Waals surface area contributed by atoms with Crippen LogP contribution < -0.4 is 10.6 Å².